The molecule has 0 saturated carbocycles. The van der Waals surface area contributed by atoms with E-state index >= 15 is 0 Å². The molecular weight excluding hydrogens is 374 g/mol. The molecule has 0 aliphatic carbocycles. The first kappa shape index (κ1) is 15.7. The lowest BCUT2D eigenvalue weighted by molar-refractivity contribution is 0.474. The van der Waals surface area contributed by atoms with Crippen molar-refractivity contribution in [3.05, 3.63) is 63.9 Å². The molecule has 4 nitrogen and oxygen atoms in total. The van der Waals surface area contributed by atoms with E-state index in [1.54, 1.807) is 12.1 Å². The quantitative estimate of drug-likeness (QED) is 0.482. The minimum atomic E-state index is 0.213. The molecule has 0 unspecified atom stereocenters. The van der Waals surface area contributed by atoms with Crippen molar-refractivity contribution in [2.45, 2.75) is 6.92 Å². The summed E-state index contributed by atoms with van der Waals surface area (Å²) < 4.78 is 1.04. The number of phenolic OH excluding ortho intramolecular Hbond substituents is 1. The third-order valence-electron chi connectivity index (χ3n) is 3.26. The van der Waals surface area contributed by atoms with Gasteiger partial charge in [0.25, 0.3) is 0 Å². The molecular formula is C17H14BrN3OS. The highest BCUT2D eigenvalue weighted by Crippen LogP contribution is 2.26. The molecule has 0 spiro atoms. The van der Waals surface area contributed by atoms with Crippen LogP contribution in [0.2, 0.25) is 0 Å². The van der Waals surface area contributed by atoms with Gasteiger partial charge >= 0.3 is 0 Å². The van der Waals surface area contributed by atoms with Gasteiger partial charge in [0.2, 0.25) is 5.13 Å². The van der Waals surface area contributed by atoms with Gasteiger partial charge in [0.15, 0.2) is 0 Å². The maximum Gasteiger partial charge on any atom is 0.203 e. The van der Waals surface area contributed by atoms with Gasteiger partial charge in [-0.05, 0) is 31.2 Å². The number of nitrogens with zero attached hydrogens (tertiary/aromatic N) is 2. The van der Waals surface area contributed by atoms with E-state index in [0.717, 1.165) is 15.7 Å². The lowest BCUT2D eigenvalue weighted by Crippen LogP contribution is -1.99. The average molecular weight is 388 g/mol. The van der Waals surface area contributed by atoms with Crippen molar-refractivity contribution in [2.24, 2.45) is 5.10 Å². The number of rotatable bonds is 4. The molecule has 0 aliphatic heterocycles. The van der Waals surface area contributed by atoms with Crippen LogP contribution in [0.3, 0.4) is 0 Å². The second-order valence-corrected chi connectivity index (χ2v) is 6.64. The highest BCUT2D eigenvalue weighted by molar-refractivity contribution is 9.10. The second kappa shape index (κ2) is 6.93. The summed E-state index contributed by atoms with van der Waals surface area (Å²) in [5.74, 6) is 0.213. The van der Waals surface area contributed by atoms with Crippen molar-refractivity contribution in [2.75, 3.05) is 5.43 Å². The Hall–Kier alpha value is -2.18. The Labute approximate surface area is 146 Å². The average Bonchev–Trinajstić information content (AvgIpc) is 3.03. The number of nitrogens with one attached hydrogen (secondary N) is 1. The molecule has 0 amide bonds. The van der Waals surface area contributed by atoms with Gasteiger partial charge in [-0.25, -0.2) is 4.98 Å². The number of phenols is 1. The van der Waals surface area contributed by atoms with Crippen LogP contribution in [0.15, 0.2) is 63.5 Å². The Balaban J connectivity index is 1.75. The molecule has 0 atom stereocenters. The summed E-state index contributed by atoms with van der Waals surface area (Å²) in [5, 5.41) is 16.8. The van der Waals surface area contributed by atoms with Crippen LogP contribution in [0.4, 0.5) is 5.13 Å². The third-order valence-corrected chi connectivity index (χ3v) is 4.53. The first-order valence-corrected chi connectivity index (χ1v) is 8.61. The smallest absolute Gasteiger partial charge is 0.203 e. The van der Waals surface area contributed by atoms with E-state index in [2.05, 4.69) is 31.4 Å². The minimum absolute atomic E-state index is 0.213. The molecule has 1 heterocycles. The van der Waals surface area contributed by atoms with Crippen LogP contribution in [0.5, 0.6) is 5.75 Å². The molecule has 0 fully saturated rings. The van der Waals surface area contributed by atoms with E-state index in [1.165, 1.54) is 11.3 Å². The van der Waals surface area contributed by atoms with Crippen LogP contribution in [0.25, 0.3) is 11.3 Å². The van der Waals surface area contributed by atoms with Crippen LogP contribution in [0.1, 0.15) is 12.5 Å². The number of aromatic hydroxyl groups is 1. The largest absolute Gasteiger partial charge is 0.507 e. The topological polar surface area (TPSA) is 57.5 Å². The molecule has 0 bridgehead atoms. The summed E-state index contributed by atoms with van der Waals surface area (Å²) in [6.07, 6.45) is 0. The molecule has 0 saturated heterocycles. The monoisotopic (exact) mass is 387 g/mol. The molecule has 0 radical (unpaired) electrons. The number of thiazole rings is 1. The van der Waals surface area contributed by atoms with E-state index in [9.17, 15) is 5.11 Å². The van der Waals surface area contributed by atoms with Crippen molar-refractivity contribution >= 4 is 38.1 Å². The lowest BCUT2D eigenvalue weighted by atomic mass is 10.1. The molecule has 23 heavy (non-hydrogen) atoms. The predicted octanol–water partition coefficient (Wildman–Crippen LogP) is 5.11. The van der Waals surface area contributed by atoms with Crippen LogP contribution in [0, 0.1) is 0 Å². The van der Waals surface area contributed by atoms with Crippen molar-refractivity contribution in [3.63, 3.8) is 0 Å². The van der Waals surface area contributed by atoms with Crippen molar-refractivity contribution in [3.8, 4) is 17.0 Å². The van der Waals surface area contributed by atoms with Crippen molar-refractivity contribution in [1.29, 1.82) is 0 Å². The Morgan fingerprint density at radius 3 is 2.65 bits per heavy atom. The van der Waals surface area contributed by atoms with Gasteiger partial charge in [-0.2, -0.15) is 5.10 Å². The molecule has 2 N–H and O–H groups in total. The standard InChI is InChI=1S/C17H14BrN3OS/c1-11(14-4-2-3-5-16(14)22)20-21-17-19-15(10-23-17)12-6-8-13(18)9-7-12/h2-10,22H,1H3,(H,19,21)/b20-11+. The van der Waals surface area contributed by atoms with E-state index in [4.69, 9.17) is 0 Å². The number of halogens is 1. The van der Waals surface area contributed by atoms with Gasteiger partial charge in [0, 0.05) is 21.0 Å². The number of hydrogen-bond donors (Lipinski definition) is 2. The zero-order valence-electron chi connectivity index (χ0n) is 12.3. The minimum Gasteiger partial charge on any atom is -0.507 e. The van der Waals surface area contributed by atoms with Gasteiger partial charge < -0.3 is 5.11 Å². The first-order valence-electron chi connectivity index (χ1n) is 6.93. The number of hydrogen-bond acceptors (Lipinski definition) is 5. The van der Waals surface area contributed by atoms with Gasteiger partial charge in [-0.3, -0.25) is 5.43 Å². The summed E-state index contributed by atoms with van der Waals surface area (Å²) in [5.41, 5.74) is 6.30. The Morgan fingerprint density at radius 2 is 1.91 bits per heavy atom. The maximum atomic E-state index is 9.83. The highest BCUT2D eigenvalue weighted by Gasteiger charge is 2.06. The fraction of sp³-hybridized carbons (Fsp3) is 0.0588. The number of aromatic nitrogens is 1. The van der Waals surface area contributed by atoms with Gasteiger partial charge in [0.05, 0.1) is 11.4 Å². The van der Waals surface area contributed by atoms with Crippen LogP contribution in [-0.2, 0) is 0 Å². The molecule has 1 aromatic heterocycles. The Bertz CT molecular complexity index is 843. The normalized spacial score (nSPS) is 11.5. The maximum absolute atomic E-state index is 9.83. The summed E-state index contributed by atoms with van der Waals surface area (Å²) in [6.45, 7) is 1.84. The van der Waals surface area contributed by atoms with E-state index in [-0.39, 0.29) is 5.75 Å². The van der Waals surface area contributed by atoms with Gasteiger partial charge in [0.1, 0.15) is 5.75 Å². The van der Waals surface area contributed by atoms with Crippen LogP contribution >= 0.6 is 27.3 Å². The summed E-state index contributed by atoms with van der Waals surface area (Å²) >= 11 is 4.91. The second-order valence-electron chi connectivity index (χ2n) is 4.87. The van der Waals surface area contributed by atoms with E-state index in [0.29, 0.717) is 16.4 Å². The number of hydrazone groups is 1. The molecule has 3 aromatic rings. The summed E-state index contributed by atoms with van der Waals surface area (Å²) in [7, 11) is 0. The number of benzene rings is 2. The summed E-state index contributed by atoms with van der Waals surface area (Å²) in [4.78, 5) is 4.52. The Morgan fingerprint density at radius 1 is 1.17 bits per heavy atom. The SMILES string of the molecule is C/C(=N\Nc1nc(-c2ccc(Br)cc2)cs1)c1ccccc1O. The highest BCUT2D eigenvalue weighted by atomic mass is 79.9. The summed E-state index contributed by atoms with van der Waals surface area (Å²) in [6, 6.07) is 15.1. The zero-order chi connectivity index (χ0) is 16.2. The zero-order valence-corrected chi connectivity index (χ0v) is 14.7. The van der Waals surface area contributed by atoms with E-state index in [1.807, 2.05) is 48.7 Å². The van der Waals surface area contributed by atoms with Gasteiger partial charge in [-0.1, -0.05) is 40.2 Å². The molecule has 2 aromatic carbocycles. The first-order chi connectivity index (χ1) is 11.1. The number of para-hydroxylation sites is 1. The lowest BCUT2D eigenvalue weighted by Gasteiger charge is -2.03. The fourth-order valence-corrected chi connectivity index (χ4v) is 2.98. The van der Waals surface area contributed by atoms with Crippen LogP contribution < -0.4 is 5.43 Å². The molecule has 116 valence electrons. The van der Waals surface area contributed by atoms with E-state index < -0.39 is 0 Å². The van der Waals surface area contributed by atoms with Crippen LogP contribution in [-0.4, -0.2) is 15.8 Å². The fourth-order valence-electron chi connectivity index (χ4n) is 2.05. The van der Waals surface area contributed by atoms with Crippen molar-refractivity contribution < 1.29 is 5.11 Å². The molecule has 6 heteroatoms. The Kier molecular flexibility index (Phi) is 4.73. The molecule has 0 aliphatic rings. The number of anilines is 1. The molecule has 3 rings (SSSR count). The predicted molar refractivity (Wildman–Crippen MR) is 99.2 cm³/mol. The third kappa shape index (κ3) is 3.78. The van der Waals surface area contributed by atoms with Gasteiger partial charge in [-0.15, -0.1) is 11.3 Å². The van der Waals surface area contributed by atoms with Crippen molar-refractivity contribution in [1.82, 2.24) is 4.98 Å².